The Kier molecular flexibility index (Phi) is 6.52. The largest absolute Gasteiger partial charge is 0.352 e. The SMILES string of the molecule is CCc1ccc(N(CCC(=O)NCc2ccncc2)S(C)(=O)=O)cc1. The molecule has 0 aliphatic carbocycles. The van der Waals surface area contributed by atoms with Gasteiger partial charge in [-0.1, -0.05) is 19.1 Å². The van der Waals surface area contributed by atoms with Crippen LogP contribution in [0.15, 0.2) is 48.8 Å². The highest BCUT2D eigenvalue weighted by Gasteiger charge is 2.18. The molecule has 0 unspecified atom stereocenters. The van der Waals surface area contributed by atoms with E-state index in [1.54, 1.807) is 24.5 Å². The molecule has 0 spiro atoms. The number of nitrogens with one attached hydrogen (secondary N) is 1. The van der Waals surface area contributed by atoms with Gasteiger partial charge in [0.05, 0.1) is 11.9 Å². The summed E-state index contributed by atoms with van der Waals surface area (Å²) in [5, 5.41) is 2.79. The molecule has 25 heavy (non-hydrogen) atoms. The lowest BCUT2D eigenvalue weighted by molar-refractivity contribution is -0.121. The molecule has 1 amide bonds. The first-order valence-corrected chi connectivity index (χ1v) is 9.97. The first kappa shape index (κ1) is 18.9. The van der Waals surface area contributed by atoms with Gasteiger partial charge in [-0.2, -0.15) is 0 Å². The zero-order valence-corrected chi connectivity index (χ0v) is 15.3. The number of anilines is 1. The molecule has 1 aromatic heterocycles. The Balaban J connectivity index is 1.96. The summed E-state index contributed by atoms with van der Waals surface area (Å²) in [5.41, 5.74) is 2.65. The Morgan fingerprint density at radius 3 is 2.28 bits per heavy atom. The number of aromatic nitrogens is 1. The molecule has 0 atom stereocenters. The molecular weight excluding hydrogens is 338 g/mol. The Bertz CT molecular complexity index is 790. The van der Waals surface area contributed by atoms with Crippen LogP contribution in [0, 0.1) is 0 Å². The topological polar surface area (TPSA) is 79.4 Å². The summed E-state index contributed by atoms with van der Waals surface area (Å²) >= 11 is 0. The number of hydrogen-bond acceptors (Lipinski definition) is 4. The molecule has 0 saturated carbocycles. The van der Waals surface area contributed by atoms with Crippen LogP contribution in [0.5, 0.6) is 0 Å². The fraction of sp³-hybridized carbons (Fsp3) is 0.333. The van der Waals surface area contributed by atoms with E-state index in [2.05, 4.69) is 10.3 Å². The highest BCUT2D eigenvalue weighted by Crippen LogP contribution is 2.19. The van der Waals surface area contributed by atoms with E-state index in [0.29, 0.717) is 12.2 Å². The number of amides is 1. The summed E-state index contributed by atoms with van der Waals surface area (Å²) in [6.45, 7) is 2.54. The number of pyridine rings is 1. The molecular formula is C18H23N3O3S. The molecule has 134 valence electrons. The number of carbonyl (C=O) groups is 1. The van der Waals surface area contributed by atoms with Crippen LogP contribution in [0.4, 0.5) is 5.69 Å². The van der Waals surface area contributed by atoms with Crippen LogP contribution in [-0.4, -0.2) is 32.1 Å². The van der Waals surface area contributed by atoms with Gasteiger partial charge in [-0.05, 0) is 41.8 Å². The number of aryl methyl sites for hydroxylation is 1. The Morgan fingerprint density at radius 1 is 1.08 bits per heavy atom. The van der Waals surface area contributed by atoms with Crippen molar-refractivity contribution in [3.63, 3.8) is 0 Å². The van der Waals surface area contributed by atoms with Gasteiger partial charge < -0.3 is 5.32 Å². The van der Waals surface area contributed by atoms with E-state index in [1.165, 1.54) is 4.31 Å². The fourth-order valence-corrected chi connectivity index (χ4v) is 3.30. The minimum Gasteiger partial charge on any atom is -0.352 e. The van der Waals surface area contributed by atoms with E-state index in [4.69, 9.17) is 0 Å². The van der Waals surface area contributed by atoms with E-state index in [1.807, 2.05) is 31.2 Å². The average Bonchev–Trinajstić information content (AvgIpc) is 2.60. The van der Waals surface area contributed by atoms with Gasteiger partial charge in [0.15, 0.2) is 0 Å². The van der Waals surface area contributed by atoms with Crippen molar-refractivity contribution in [2.24, 2.45) is 0 Å². The average molecular weight is 361 g/mol. The maximum atomic E-state index is 12.1. The zero-order chi connectivity index (χ0) is 18.3. The minimum absolute atomic E-state index is 0.0910. The first-order valence-electron chi connectivity index (χ1n) is 8.12. The molecule has 6 nitrogen and oxygen atoms in total. The van der Waals surface area contributed by atoms with Crippen molar-refractivity contribution in [2.75, 3.05) is 17.1 Å². The van der Waals surface area contributed by atoms with Gasteiger partial charge in [-0.3, -0.25) is 14.1 Å². The second-order valence-corrected chi connectivity index (χ2v) is 7.64. The number of nitrogens with zero attached hydrogens (tertiary/aromatic N) is 2. The quantitative estimate of drug-likeness (QED) is 0.781. The minimum atomic E-state index is -3.46. The molecule has 0 aliphatic rings. The molecule has 0 aliphatic heterocycles. The van der Waals surface area contributed by atoms with Crippen molar-refractivity contribution in [1.82, 2.24) is 10.3 Å². The van der Waals surface area contributed by atoms with Gasteiger partial charge in [0.25, 0.3) is 0 Å². The molecule has 2 rings (SSSR count). The van der Waals surface area contributed by atoms with Crippen molar-refractivity contribution in [2.45, 2.75) is 26.3 Å². The molecule has 0 radical (unpaired) electrons. The van der Waals surface area contributed by atoms with Crippen LogP contribution in [-0.2, 0) is 27.8 Å². The maximum Gasteiger partial charge on any atom is 0.232 e. The number of carbonyl (C=O) groups excluding carboxylic acids is 1. The smallest absolute Gasteiger partial charge is 0.232 e. The van der Waals surface area contributed by atoms with Crippen molar-refractivity contribution >= 4 is 21.6 Å². The molecule has 2 aromatic rings. The van der Waals surface area contributed by atoms with Gasteiger partial charge in [0, 0.05) is 31.9 Å². The van der Waals surface area contributed by atoms with Gasteiger partial charge in [-0.25, -0.2) is 8.42 Å². The highest BCUT2D eigenvalue weighted by atomic mass is 32.2. The van der Waals surface area contributed by atoms with E-state index in [0.717, 1.165) is 23.8 Å². The fourth-order valence-electron chi connectivity index (χ4n) is 2.38. The van der Waals surface area contributed by atoms with Crippen molar-refractivity contribution in [3.05, 3.63) is 59.9 Å². The standard InChI is InChI=1S/C18H23N3O3S/c1-3-15-4-6-17(7-5-15)21(25(2,23)24)13-10-18(22)20-14-16-8-11-19-12-9-16/h4-9,11-12H,3,10,13-14H2,1-2H3,(H,20,22). The van der Waals surface area contributed by atoms with Crippen molar-refractivity contribution in [3.8, 4) is 0 Å². The Labute approximate surface area is 148 Å². The predicted molar refractivity (Wildman–Crippen MR) is 98.7 cm³/mol. The van der Waals surface area contributed by atoms with Crippen LogP contribution in [0.1, 0.15) is 24.5 Å². The van der Waals surface area contributed by atoms with E-state index >= 15 is 0 Å². The third kappa shape index (κ3) is 5.86. The lowest BCUT2D eigenvalue weighted by atomic mass is 10.1. The first-order chi connectivity index (χ1) is 11.9. The number of sulfonamides is 1. The van der Waals surface area contributed by atoms with Gasteiger partial charge in [-0.15, -0.1) is 0 Å². The summed E-state index contributed by atoms with van der Waals surface area (Å²) in [6.07, 6.45) is 5.44. The van der Waals surface area contributed by atoms with Gasteiger partial charge >= 0.3 is 0 Å². The molecule has 1 N–H and O–H groups in total. The molecule has 0 bridgehead atoms. The van der Waals surface area contributed by atoms with Crippen molar-refractivity contribution < 1.29 is 13.2 Å². The molecule has 0 fully saturated rings. The number of benzene rings is 1. The van der Waals surface area contributed by atoms with E-state index in [-0.39, 0.29) is 18.9 Å². The number of rotatable bonds is 8. The summed E-state index contributed by atoms with van der Waals surface area (Å²) in [4.78, 5) is 16.0. The molecule has 1 heterocycles. The summed E-state index contributed by atoms with van der Waals surface area (Å²) in [5.74, 6) is -0.198. The third-order valence-corrected chi connectivity index (χ3v) is 5.01. The number of hydrogen-bond donors (Lipinski definition) is 1. The Hall–Kier alpha value is -2.41. The monoisotopic (exact) mass is 361 g/mol. The summed E-state index contributed by atoms with van der Waals surface area (Å²) < 4.78 is 25.4. The van der Waals surface area contributed by atoms with Crippen LogP contribution < -0.4 is 9.62 Å². The maximum absolute atomic E-state index is 12.1. The lowest BCUT2D eigenvalue weighted by Gasteiger charge is -2.22. The zero-order valence-electron chi connectivity index (χ0n) is 14.5. The van der Waals surface area contributed by atoms with E-state index in [9.17, 15) is 13.2 Å². The van der Waals surface area contributed by atoms with Crippen LogP contribution in [0.25, 0.3) is 0 Å². The van der Waals surface area contributed by atoms with Gasteiger partial charge in [0.2, 0.25) is 15.9 Å². The molecule has 1 aromatic carbocycles. The van der Waals surface area contributed by atoms with Crippen molar-refractivity contribution in [1.29, 1.82) is 0 Å². The van der Waals surface area contributed by atoms with Crippen LogP contribution >= 0.6 is 0 Å². The summed E-state index contributed by atoms with van der Waals surface area (Å²) in [6, 6.07) is 11.0. The normalized spacial score (nSPS) is 11.1. The second kappa shape index (κ2) is 8.62. The molecule has 7 heteroatoms. The van der Waals surface area contributed by atoms with E-state index < -0.39 is 10.0 Å². The molecule has 0 saturated heterocycles. The summed E-state index contributed by atoms with van der Waals surface area (Å²) in [7, 11) is -3.46. The van der Waals surface area contributed by atoms with Crippen LogP contribution in [0.2, 0.25) is 0 Å². The second-order valence-electron chi connectivity index (χ2n) is 5.74. The Morgan fingerprint density at radius 2 is 1.72 bits per heavy atom. The third-order valence-electron chi connectivity index (χ3n) is 3.81. The predicted octanol–water partition coefficient (Wildman–Crippen LogP) is 2.12. The van der Waals surface area contributed by atoms with Crippen LogP contribution in [0.3, 0.4) is 0 Å². The van der Waals surface area contributed by atoms with Gasteiger partial charge in [0.1, 0.15) is 0 Å². The highest BCUT2D eigenvalue weighted by molar-refractivity contribution is 7.92. The lowest BCUT2D eigenvalue weighted by Crippen LogP contribution is -2.34.